The number of halogens is 1. The van der Waals surface area contributed by atoms with Crippen molar-refractivity contribution in [2.24, 2.45) is 0 Å². The largest absolute Gasteiger partial charge is 0.370 e. The van der Waals surface area contributed by atoms with Crippen LogP contribution < -0.4 is 4.90 Å². The van der Waals surface area contributed by atoms with E-state index in [2.05, 4.69) is 11.6 Å². The minimum atomic E-state index is -3.27. The van der Waals surface area contributed by atoms with Crippen LogP contribution >= 0.6 is 0 Å². The normalized spacial score (nSPS) is 18.2. The summed E-state index contributed by atoms with van der Waals surface area (Å²) in [7, 11) is -3.27. The lowest BCUT2D eigenvalue weighted by molar-refractivity contribution is -0.169. The average molecular weight is 464 g/mol. The van der Waals surface area contributed by atoms with Crippen LogP contribution in [0.25, 0.3) is 10.9 Å². The third-order valence-electron chi connectivity index (χ3n) is 5.87. The van der Waals surface area contributed by atoms with Gasteiger partial charge in [-0.3, -0.25) is 9.78 Å². The molecule has 2 fully saturated rings. The predicted molar refractivity (Wildman–Crippen MR) is 119 cm³/mol. The van der Waals surface area contributed by atoms with E-state index in [4.69, 9.17) is 9.47 Å². The fraction of sp³-hybridized carbons (Fsp3) is 0.455. The van der Waals surface area contributed by atoms with E-state index in [1.54, 1.807) is 6.07 Å². The maximum atomic E-state index is 14.2. The number of piperidine rings is 1. The Kier molecular flexibility index (Phi) is 6.19. The summed E-state index contributed by atoms with van der Waals surface area (Å²) in [5, 5.41) is 0.521. The SMILES string of the molecule is C=CN(CCS(C)(=O)=O)C(=O)c1cnc2ccc(F)cc2c1N1CCC2(CC1)OCCO2. The lowest BCUT2D eigenvalue weighted by atomic mass is 10.00. The fourth-order valence-electron chi connectivity index (χ4n) is 4.20. The van der Waals surface area contributed by atoms with Crippen LogP contribution in [0.2, 0.25) is 0 Å². The number of ether oxygens (including phenoxy) is 2. The quantitative estimate of drug-likeness (QED) is 0.650. The first-order chi connectivity index (χ1) is 15.2. The van der Waals surface area contributed by atoms with Crippen LogP contribution in [0, 0.1) is 5.82 Å². The van der Waals surface area contributed by atoms with E-state index in [1.165, 1.54) is 29.4 Å². The zero-order chi connectivity index (χ0) is 22.9. The van der Waals surface area contributed by atoms with Gasteiger partial charge in [0, 0.05) is 50.3 Å². The van der Waals surface area contributed by atoms with Crippen LogP contribution in [-0.2, 0) is 19.3 Å². The molecule has 32 heavy (non-hydrogen) atoms. The molecule has 0 aliphatic carbocycles. The molecule has 1 amide bonds. The van der Waals surface area contributed by atoms with Crippen LogP contribution in [0.3, 0.4) is 0 Å². The van der Waals surface area contributed by atoms with Crippen LogP contribution in [0.4, 0.5) is 10.1 Å². The second-order valence-electron chi connectivity index (χ2n) is 8.09. The Morgan fingerprint density at radius 1 is 1.31 bits per heavy atom. The molecule has 1 aromatic heterocycles. The number of hydrogen-bond acceptors (Lipinski definition) is 7. The van der Waals surface area contributed by atoms with Crippen LogP contribution in [-0.4, -0.2) is 74.9 Å². The third-order valence-corrected chi connectivity index (χ3v) is 6.80. The van der Waals surface area contributed by atoms with Crippen molar-refractivity contribution in [2.75, 3.05) is 49.8 Å². The van der Waals surface area contributed by atoms with Crippen molar-refractivity contribution >= 4 is 32.3 Å². The van der Waals surface area contributed by atoms with E-state index in [9.17, 15) is 17.6 Å². The number of anilines is 1. The Labute approximate surface area is 186 Å². The minimum Gasteiger partial charge on any atom is -0.370 e. The van der Waals surface area contributed by atoms with E-state index in [-0.39, 0.29) is 17.9 Å². The molecule has 10 heteroatoms. The summed E-state index contributed by atoms with van der Waals surface area (Å²) in [5.74, 6) is -1.67. The number of aromatic nitrogens is 1. The Morgan fingerprint density at radius 2 is 2.00 bits per heavy atom. The van der Waals surface area contributed by atoms with E-state index in [0.717, 1.165) is 6.26 Å². The topological polar surface area (TPSA) is 89.0 Å². The second kappa shape index (κ2) is 8.76. The first kappa shape index (κ1) is 22.6. The highest BCUT2D eigenvalue weighted by Gasteiger charge is 2.40. The van der Waals surface area contributed by atoms with E-state index in [1.807, 2.05) is 4.90 Å². The molecule has 0 saturated carbocycles. The molecule has 2 aliphatic rings. The molecule has 0 atom stereocenters. The summed E-state index contributed by atoms with van der Waals surface area (Å²) in [5.41, 5.74) is 1.40. The molecule has 1 spiro atoms. The molecule has 1 aromatic carbocycles. The first-order valence-electron chi connectivity index (χ1n) is 10.4. The van der Waals surface area contributed by atoms with E-state index < -0.39 is 27.3 Å². The summed E-state index contributed by atoms with van der Waals surface area (Å²) in [4.78, 5) is 21.0. The molecule has 2 aliphatic heterocycles. The zero-order valence-corrected chi connectivity index (χ0v) is 18.7. The number of pyridine rings is 1. The number of fused-ring (bicyclic) bond motifs is 1. The highest BCUT2D eigenvalue weighted by Crippen LogP contribution is 2.37. The first-order valence-corrected chi connectivity index (χ1v) is 12.5. The van der Waals surface area contributed by atoms with Gasteiger partial charge in [-0.15, -0.1) is 0 Å². The molecule has 2 aromatic rings. The highest BCUT2D eigenvalue weighted by molar-refractivity contribution is 7.90. The molecular weight excluding hydrogens is 437 g/mol. The smallest absolute Gasteiger partial charge is 0.261 e. The highest BCUT2D eigenvalue weighted by atomic mass is 32.2. The van der Waals surface area contributed by atoms with Gasteiger partial charge in [0.15, 0.2) is 5.79 Å². The lowest BCUT2D eigenvalue weighted by Crippen LogP contribution is -2.46. The maximum Gasteiger partial charge on any atom is 0.261 e. The number of carbonyl (C=O) groups is 1. The van der Waals surface area contributed by atoms with Gasteiger partial charge in [0.1, 0.15) is 15.7 Å². The monoisotopic (exact) mass is 463 g/mol. The number of benzene rings is 1. The molecule has 3 heterocycles. The molecule has 0 N–H and O–H groups in total. The van der Waals surface area contributed by atoms with Crippen LogP contribution in [0.1, 0.15) is 23.2 Å². The molecule has 172 valence electrons. The molecule has 4 rings (SSSR count). The summed E-state index contributed by atoms with van der Waals surface area (Å²) >= 11 is 0. The van der Waals surface area contributed by atoms with Crippen molar-refractivity contribution < 1.29 is 27.1 Å². The third kappa shape index (κ3) is 4.62. The van der Waals surface area contributed by atoms with E-state index >= 15 is 0 Å². The molecule has 2 saturated heterocycles. The summed E-state index contributed by atoms with van der Waals surface area (Å²) < 4.78 is 49.0. The van der Waals surface area contributed by atoms with Gasteiger partial charge >= 0.3 is 0 Å². The molecule has 0 bridgehead atoms. The van der Waals surface area contributed by atoms with Crippen LogP contribution in [0.15, 0.2) is 37.2 Å². The summed E-state index contributed by atoms with van der Waals surface area (Å²) in [6, 6.07) is 4.27. The van der Waals surface area contributed by atoms with Crippen molar-refractivity contribution in [3.63, 3.8) is 0 Å². The molecule has 0 radical (unpaired) electrons. The lowest BCUT2D eigenvalue weighted by Gasteiger charge is -2.39. The standard InChI is InChI=1S/C22H26FN3O5S/c1-3-25(10-13-32(2,28)29)21(27)18-15-24-19-5-4-16(23)14-17(19)20(18)26-8-6-22(7-9-26)30-11-12-31-22/h3-5,14-15H,1,6-13H2,2H3. The van der Waals surface area contributed by atoms with Crippen molar-refractivity contribution in [1.82, 2.24) is 9.88 Å². The van der Waals surface area contributed by atoms with Crippen LogP contribution in [0.5, 0.6) is 0 Å². The number of hydrogen-bond donors (Lipinski definition) is 0. The minimum absolute atomic E-state index is 0.0351. The van der Waals surface area contributed by atoms with Gasteiger partial charge in [0.2, 0.25) is 0 Å². The Bertz CT molecular complexity index is 1140. The number of nitrogens with zero attached hydrogens (tertiary/aromatic N) is 3. The Hall–Kier alpha value is -2.56. The average Bonchev–Trinajstić information content (AvgIpc) is 3.21. The van der Waals surface area contributed by atoms with Gasteiger partial charge in [0.25, 0.3) is 5.91 Å². The Morgan fingerprint density at radius 3 is 2.62 bits per heavy atom. The molecule has 8 nitrogen and oxygen atoms in total. The second-order valence-corrected chi connectivity index (χ2v) is 10.3. The Balaban J connectivity index is 1.72. The van der Waals surface area contributed by atoms with Crippen molar-refractivity contribution in [1.29, 1.82) is 0 Å². The number of rotatable bonds is 6. The molecule has 0 unspecified atom stereocenters. The fourth-order valence-corrected chi connectivity index (χ4v) is 4.73. The molecular formula is C22H26FN3O5S. The van der Waals surface area contributed by atoms with E-state index in [0.29, 0.717) is 55.7 Å². The number of carbonyl (C=O) groups excluding carboxylic acids is 1. The summed E-state index contributed by atoms with van der Waals surface area (Å²) in [6.45, 7) is 5.84. The number of sulfone groups is 1. The predicted octanol–water partition coefficient (Wildman–Crippen LogP) is 2.35. The van der Waals surface area contributed by atoms with Gasteiger partial charge < -0.3 is 19.3 Å². The van der Waals surface area contributed by atoms with Gasteiger partial charge in [-0.1, -0.05) is 6.58 Å². The van der Waals surface area contributed by atoms with Crippen molar-refractivity contribution in [3.05, 3.63) is 48.6 Å². The van der Waals surface area contributed by atoms with Gasteiger partial charge in [-0.2, -0.15) is 0 Å². The van der Waals surface area contributed by atoms with Gasteiger partial charge in [-0.25, -0.2) is 12.8 Å². The van der Waals surface area contributed by atoms with Gasteiger partial charge in [0.05, 0.1) is 35.7 Å². The van der Waals surface area contributed by atoms with Crippen molar-refractivity contribution in [2.45, 2.75) is 18.6 Å². The number of amides is 1. The maximum absolute atomic E-state index is 14.2. The van der Waals surface area contributed by atoms with Crippen molar-refractivity contribution in [3.8, 4) is 0 Å². The zero-order valence-electron chi connectivity index (χ0n) is 17.9. The summed E-state index contributed by atoms with van der Waals surface area (Å²) in [6.07, 6.45) is 5.10. The van der Waals surface area contributed by atoms with Gasteiger partial charge in [-0.05, 0) is 24.4 Å².